The number of para-hydroxylation sites is 1. The van der Waals surface area contributed by atoms with Gasteiger partial charge in [0, 0.05) is 5.69 Å². The van der Waals surface area contributed by atoms with Gasteiger partial charge in [-0.05, 0) is 52.6 Å². The Morgan fingerprint density at radius 1 is 0.567 bits per heavy atom. The number of anilines is 1. The van der Waals surface area contributed by atoms with Crippen LogP contribution in [0, 0.1) is 0 Å². The Balaban J connectivity index is 1.92. The summed E-state index contributed by atoms with van der Waals surface area (Å²) in [5.41, 5.74) is 10.3. The van der Waals surface area contributed by atoms with E-state index in [2.05, 4.69) is 11.4 Å². The second-order valence-corrected chi connectivity index (χ2v) is 7.69. The van der Waals surface area contributed by atoms with Crippen molar-refractivity contribution in [2.45, 2.75) is 11.1 Å². The highest BCUT2D eigenvalue weighted by Crippen LogP contribution is 2.57. The van der Waals surface area contributed by atoms with Gasteiger partial charge in [-0.2, -0.15) is 0 Å². The fourth-order valence-corrected chi connectivity index (χ4v) is 4.78. The normalized spacial score (nSPS) is 19.1. The summed E-state index contributed by atoms with van der Waals surface area (Å²) < 4.78 is 0. The van der Waals surface area contributed by atoms with E-state index in [9.17, 15) is 10.2 Å². The van der Waals surface area contributed by atoms with E-state index < -0.39 is 11.1 Å². The molecule has 1 aliphatic rings. The molecule has 0 amide bonds. The van der Waals surface area contributed by atoms with Gasteiger partial charge in [0.2, 0.25) is 0 Å². The molecule has 1 atom stereocenters. The number of aromatic hydroxyl groups is 2. The Labute approximate surface area is 175 Å². The highest BCUT2D eigenvalue weighted by Gasteiger charge is 2.58. The van der Waals surface area contributed by atoms with Crippen molar-refractivity contribution >= 4 is 5.69 Å². The van der Waals surface area contributed by atoms with E-state index in [1.807, 2.05) is 72.8 Å². The molecule has 5 N–H and O–H groups in total. The largest absolute Gasteiger partial charge is 0.508 e. The van der Waals surface area contributed by atoms with Crippen molar-refractivity contribution in [3.8, 4) is 11.5 Å². The first kappa shape index (κ1) is 18.3. The fourth-order valence-electron chi connectivity index (χ4n) is 4.78. The second-order valence-electron chi connectivity index (χ2n) is 7.69. The minimum Gasteiger partial charge on any atom is -0.508 e. The minimum atomic E-state index is -1.01. The zero-order chi connectivity index (χ0) is 20.8. The van der Waals surface area contributed by atoms with E-state index in [0.717, 1.165) is 27.9 Å². The number of nitrogens with one attached hydrogen (secondary N) is 1. The summed E-state index contributed by atoms with van der Waals surface area (Å²) in [6.45, 7) is 0. The first-order chi connectivity index (χ1) is 14.6. The maximum absolute atomic E-state index is 9.95. The lowest BCUT2D eigenvalue weighted by Gasteiger charge is -2.45. The molecule has 0 radical (unpaired) electrons. The first-order valence-electron chi connectivity index (χ1n) is 9.87. The number of nitrogens with two attached hydrogens (primary N) is 1. The molecule has 1 aliphatic heterocycles. The molecule has 0 aliphatic carbocycles. The molecule has 5 rings (SSSR count). The topological polar surface area (TPSA) is 78.5 Å². The van der Waals surface area contributed by atoms with Gasteiger partial charge in [0.15, 0.2) is 0 Å². The van der Waals surface area contributed by atoms with Crippen molar-refractivity contribution in [2.24, 2.45) is 5.73 Å². The summed E-state index contributed by atoms with van der Waals surface area (Å²) in [5, 5.41) is 23.5. The van der Waals surface area contributed by atoms with Crippen LogP contribution in [0.5, 0.6) is 11.5 Å². The highest BCUT2D eigenvalue weighted by atomic mass is 16.3. The summed E-state index contributed by atoms with van der Waals surface area (Å²) in [7, 11) is 0. The van der Waals surface area contributed by atoms with Crippen LogP contribution < -0.4 is 11.1 Å². The predicted octanol–water partition coefficient (Wildman–Crippen LogP) is 4.67. The second kappa shape index (κ2) is 6.65. The minimum absolute atomic E-state index is 0.196. The molecule has 4 heteroatoms. The van der Waals surface area contributed by atoms with Crippen LogP contribution in [0.1, 0.15) is 22.3 Å². The molecule has 0 spiro atoms. The Morgan fingerprint density at radius 3 is 1.63 bits per heavy atom. The summed E-state index contributed by atoms with van der Waals surface area (Å²) in [6, 6.07) is 32.5. The van der Waals surface area contributed by atoms with Crippen molar-refractivity contribution in [1.82, 2.24) is 0 Å². The van der Waals surface area contributed by atoms with Gasteiger partial charge in [-0.1, -0.05) is 72.8 Å². The van der Waals surface area contributed by atoms with E-state index >= 15 is 0 Å². The molecule has 0 aromatic heterocycles. The van der Waals surface area contributed by atoms with Crippen LogP contribution in [0.15, 0.2) is 103 Å². The van der Waals surface area contributed by atoms with Gasteiger partial charge in [0.05, 0.1) is 5.41 Å². The van der Waals surface area contributed by atoms with Crippen molar-refractivity contribution < 1.29 is 10.2 Å². The van der Waals surface area contributed by atoms with Crippen LogP contribution in [0.4, 0.5) is 5.69 Å². The standard InChI is InChI=1S/C26H22N2O2/c27-26(20-6-2-1-3-7-20)25(18-10-14-21(29)15-11-18,19-12-16-22(30)17-13-19)23-8-4-5-9-24(23)28-26/h1-17,28-30H,27H2. The predicted molar refractivity (Wildman–Crippen MR) is 118 cm³/mol. The van der Waals surface area contributed by atoms with E-state index in [-0.39, 0.29) is 11.5 Å². The monoisotopic (exact) mass is 394 g/mol. The zero-order valence-corrected chi connectivity index (χ0v) is 16.3. The summed E-state index contributed by atoms with van der Waals surface area (Å²) >= 11 is 0. The van der Waals surface area contributed by atoms with Gasteiger partial charge in [-0.25, -0.2) is 0 Å². The third-order valence-corrected chi connectivity index (χ3v) is 6.08. The van der Waals surface area contributed by atoms with Crippen LogP contribution in [0.3, 0.4) is 0 Å². The van der Waals surface area contributed by atoms with Gasteiger partial charge in [0.25, 0.3) is 0 Å². The van der Waals surface area contributed by atoms with Gasteiger partial charge in [-0.3, -0.25) is 0 Å². The fraction of sp³-hybridized carbons (Fsp3) is 0.0769. The third kappa shape index (κ3) is 2.44. The molecule has 4 aromatic carbocycles. The number of benzene rings is 4. The van der Waals surface area contributed by atoms with Crippen LogP contribution in [0.25, 0.3) is 0 Å². The maximum atomic E-state index is 9.95. The quantitative estimate of drug-likeness (QED) is 0.407. The third-order valence-electron chi connectivity index (χ3n) is 6.08. The molecule has 0 saturated heterocycles. The summed E-state index contributed by atoms with van der Waals surface area (Å²) in [4.78, 5) is 0. The Kier molecular flexibility index (Phi) is 4.05. The molecule has 1 unspecified atom stereocenters. The SMILES string of the molecule is NC1(c2ccccc2)Nc2ccccc2C1(c1ccc(O)cc1)c1ccc(O)cc1. The van der Waals surface area contributed by atoms with E-state index in [1.165, 1.54) is 0 Å². The average molecular weight is 394 g/mol. The Hall–Kier alpha value is -3.76. The van der Waals surface area contributed by atoms with E-state index in [1.54, 1.807) is 24.3 Å². The zero-order valence-electron chi connectivity index (χ0n) is 16.3. The van der Waals surface area contributed by atoms with Crippen LogP contribution >= 0.6 is 0 Å². The Bertz CT molecular complexity index is 1140. The lowest BCUT2D eigenvalue weighted by atomic mass is 9.61. The van der Waals surface area contributed by atoms with Crippen molar-refractivity contribution in [1.29, 1.82) is 0 Å². The van der Waals surface area contributed by atoms with Gasteiger partial charge >= 0.3 is 0 Å². The van der Waals surface area contributed by atoms with E-state index in [4.69, 9.17) is 5.73 Å². The van der Waals surface area contributed by atoms with Crippen LogP contribution in [0.2, 0.25) is 0 Å². The molecule has 4 nitrogen and oxygen atoms in total. The first-order valence-corrected chi connectivity index (χ1v) is 9.87. The average Bonchev–Trinajstić information content (AvgIpc) is 3.05. The number of fused-ring (bicyclic) bond motifs is 1. The lowest BCUT2D eigenvalue weighted by Crippen LogP contribution is -2.58. The maximum Gasteiger partial charge on any atom is 0.130 e. The lowest BCUT2D eigenvalue weighted by molar-refractivity contribution is 0.374. The molecule has 1 heterocycles. The molecule has 0 bridgehead atoms. The van der Waals surface area contributed by atoms with Crippen molar-refractivity contribution in [2.75, 3.05) is 5.32 Å². The molecule has 4 aromatic rings. The highest BCUT2D eigenvalue weighted by molar-refractivity contribution is 5.74. The van der Waals surface area contributed by atoms with Crippen LogP contribution in [-0.2, 0) is 11.1 Å². The number of hydrogen-bond acceptors (Lipinski definition) is 4. The number of phenols is 2. The van der Waals surface area contributed by atoms with Gasteiger partial charge in [0.1, 0.15) is 17.2 Å². The molecule has 0 saturated carbocycles. The van der Waals surface area contributed by atoms with Crippen molar-refractivity contribution in [3.05, 3.63) is 125 Å². The molecule has 30 heavy (non-hydrogen) atoms. The van der Waals surface area contributed by atoms with Crippen LogP contribution in [-0.4, -0.2) is 10.2 Å². The number of phenolic OH excluding ortho intramolecular Hbond substituents is 2. The Morgan fingerprint density at radius 2 is 1.07 bits per heavy atom. The van der Waals surface area contributed by atoms with E-state index in [0.29, 0.717) is 0 Å². The number of rotatable bonds is 3. The summed E-state index contributed by atoms with van der Waals surface area (Å²) in [5.74, 6) is 0.391. The number of hydrogen-bond donors (Lipinski definition) is 4. The molecular weight excluding hydrogens is 372 g/mol. The molecule has 148 valence electrons. The van der Waals surface area contributed by atoms with Gasteiger partial charge < -0.3 is 21.3 Å². The summed E-state index contributed by atoms with van der Waals surface area (Å²) in [6.07, 6.45) is 0. The molecule has 0 fully saturated rings. The van der Waals surface area contributed by atoms with Crippen molar-refractivity contribution in [3.63, 3.8) is 0 Å². The smallest absolute Gasteiger partial charge is 0.130 e. The molecular formula is C26H22N2O2. The van der Waals surface area contributed by atoms with Gasteiger partial charge in [-0.15, -0.1) is 0 Å².